The second-order valence-corrected chi connectivity index (χ2v) is 4.15. The van der Waals surface area contributed by atoms with E-state index in [1.54, 1.807) is 6.07 Å². The van der Waals surface area contributed by atoms with Gasteiger partial charge in [-0.3, -0.25) is 9.59 Å². The van der Waals surface area contributed by atoms with Gasteiger partial charge in [0.25, 0.3) is 0 Å². The van der Waals surface area contributed by atoms with Crippen LogP contribution in [-0.2, 0) is 0 Å². The van der Waals surface area contributed by atoms with E-state index in [0.29, 0.717) is 0 Å². The van der Waals surface area contributed by atoms with Crippen LogP contribution >= 0.6 is 0 Å². The third-order valence-electron chi connectivity index (χ3n) is 2.71. The quantitative estimate of drug-likeness (QED) is 0.640. The van der Waals surface area contributed by atoms with Gasteiger partial charge in [-0.2, -0.15) is 0 Å². The third-order valence-corrected chi connectivity index (χ3v) is 2.71. The van der Waals surface area contributed by atoms with E-state index in [-0.39, 0.29) is 22.8 Å². The standard InChI is InChI=1S/C14H8N6O2/c21-11(9-4-15-8-16-5-9)14-19-6-10(7-20-14)12(22)13-17-2-1-3-18-13/h1-8H. The van der Waals surface area contributed by atoms with Gasteiger partial charge in [0.1, 0.15) is 6.33 Å². The molecular formula is C14H8N6O2. The minimum atomic E-state index is -0.421. The van der Waals surface area contributed by atoms with Crippen molar-refractivity contribution >= 4 is 11.6 Å². The fourth-order valence-corrected chi connectivity index (χ4v) is 1.65. The Bertz CT molecular complexity index is 735. The molecule has 3 aromatic heterocycles. The SMILES string of the molecule is O=C(c1cncnc1)c1ncc(C(=O)c2ncccn2)cn1. The maximum atomic E-state index is 12.1. The van der Waals surface area contributed by atoms with E-state index in [4.69, 9.17) is 0 Å². The highest BCUT2D eigenvalue weighted by Gasteiger charge is 2.16. The van der Waals surface area contributed by atoms with Crippen molar-refractivity contribution in [1.82, 2.24) is 29.9 Å². The molecule has 0 radical (unpaired) electrons. The Hall–Kier alpha value is -3.42. The van der Waals surface area contributed by atoms with Gasteiger partial charge in [-0.15, -0.1) is 0 Å². The fraction of sp³-hybridized carbons (Fsp3) is 0. The van der Waals surface area contributed by atoms with Gasteiger partial charge >= 0.3 is 0 Å². The molecule has 22 heavy (non-hydrogen) atoms. The molecule has 8 nitrogen and oxygen atoms in total. The zero-order chi connectivity index (χ0) is 15.4. The molecule has 8 heteroatoms. The van der Waals surface area contributed by atoms with Crippen LogP contribution in [0.5, 0.6) is 0 Å². The highest BCUT2D eigenvalue weighted by molar-refractivity contribution is 6.07. The Kier molecular flexibility index (Phi) is 3.65. The number of ketones is 2. The lowest BCUT2D eigenvalue weighted by Gasteiger charge is -2.01. The Balaban J connectivity index is 1.84. The highest BCUT2D eigenvalue weighted by atomic mass is 16.1. The van der Waals surface area contributed by atoms with Crippen LogP contribution in [0.1, 0.15) is 32.4 Å². The second kappa shape index (κ2) is 5.92. The van der Waals surface area contributed by atoms with Crippen LogP contribution in [0.4, 0.5) is 0 Å². The summed E-state index contributed by atoms with van der Waals surface area (Å²) in [5.74, 6) is -0.833. The predicted molar refractivity (Wildman–Crippen MR) is 73.0 cm³/mol. The van der Waals surface area contributed by atoms with Crippen LogP contribution in [0.2, 0.25) is 0 Å². The Labute approximate surface area is 124 Å². The average Bonchev–Trinajstić information content (AvgIpc) is 2.62. The Morgan fingerprint density at radius 1 is 0.682 bits per heavy atom. The van der Waals surface area contributed by atoms with Crippen molar-refractivity contribution in [3.8, 4) is 0 Å². The van der Waals surface area contributed by atoms with E-state index >= 15 is 0 Å². The molecule has 3 heterocycles. The summed E-state index contributed by atoms with van der Waals surface area (Å²) in [5, 5.41) is 0. The predicted octanol–water partition coefficient (Wildman–Crippen LogP) is 0.519. The van der Waals surface area contributed by atoms with Crippen molar-refractivity contribution in [2.24, 2.45) is 0 Å². The van der Waals surface area contributed by atoms with Crippen molar-refractivity contribution in [2.75, 3.05) is 0 Å². The van der Waals surface area contributed by atoms with E-state index < -0.39 is 11.6 Å². The minimum absolute atomic E-state index is 0.0414. The maximum Gasteiger partial charge on any atom is 0.233 e. The molecule has 106 valence electrons. The first-order chi connectivity index (χ1) is 10.8. The van der Waals surface area contributed by atoms with Gasteiger partial charge in [0.05, 0.1) is 11.1 Å². The van der Waals surface area contributed by atoms with Gasteiger partial charge in [-0.05, 0) is 6.07 Å². The van der Waals surface area contributed by atoms with Crippen molar-refractivity contribution in [1.29, 1.82) is 0 Å². The molecule has 0 saturated carbocycles. The first-order valence-corrected chi connectivity index (χ1v) is 6.19. The summed E-state index contributed by atoms with van der Waals surface area (Å²) in [6, 6.07) is 1.61. The molecule has 0 unspecified atom stereocenters. The van der Waals surface area contributed by atoms with E-state index in [1.165, 1.54) is 43.5 Å². The van der Waals surface area contributed by atoms with Gasteiger partial charge in [-0.1, -0.05) is 0 Å². The molecule has 0 bridgehead atoms. The molecule has 0 aliphatic rings. The van der Waals surface area contributed by atoms with Gasteiger partial charge in [0.2, 0.25) is 23.2 Å². The van der Waals surface area contributed by atoms with E-state index in [0.717, 1.165) is 0 Å². The van der Waals surface area contributed by atoms with Crippen molar-refractivity contribution < 1.29 is 9.59 Å². The minimum Gasteiger partial charge on any atom is -0.285 e. The van der Waals surface area contributed by atoms with Gasteiger partial charge in [0, 0.05) is 37.2 Å². The lowest BCUT2D eigenvalue weighted by atomic mass is 10.2. The number of hydrogen-bond donors (Lipinski definition) is 0. The number of aromatic nitrogens is 6. The summed E-state index contributed by atoms with van der Waals surface area (Å²) in [6.45, 7) is 0. The van der Waals surface area contributed by atoms with Gasteiger partial charge in [-0.25, -0.2) is 29.9 Å². The molecule has 3 rings (SSSR count). The Morgan fingerprint density at radius 2 is 1.18 bits per heavy atom. The second-order valence-electron chi connectivity index (χ2n) is 4.15. The van der Waals surface area contributed by atoms with E-state index in [2.05, 4.69) is 29.9 Å². The normalized spacial score (nSPS) is 10.2. The van der Waals surface area contributed by atoms with Gasteiger partial charge in [0.15, 0.2) is 0 Å². The fourth-order valence-electron chi connectivity index (χ4n) is 1.65. The number of carbonyl (C=O) groups is 2. The monoisotopic (exact) mass is 292 g/mol. The summed E-state index contributed by atoms with van der Waals surface area (Å²) in [5.41, 5.74) is 0.472. The summed E-state index contributed by atoms with van der Waals surface area (Å²) >= 11 is 0. The summed E-state index contributed by atoms with van der Waals surface area (Å²) in [4.78, 5) is 47.2. The van der Waals surface area contributed by atoms with Crippen LogP contribution in [0.15, 0.2) is 49.6 Å². The molecule has 0 saturated heterocycles. The number of rotatable bonds is 4. The van der Waals surface area contributed by atoms with Crippen molar-refractivity contribution in [2.45, 2.75) is 0 Å². The highest BCUT2D eigenvalue weighted by Crippen LogP contribution is 2.06. The molecule has 0 atom stereocenters. The molecule has 0 N–H and O–H groups in total. The smallest absolute Gasteiger partial charge is 0.233 e. The zero-order valence-electron chi connectivity index (χ0n) is 11.1. The Morgan fingerprint density at radius 3 is 1.77 bits per heavy atom. The molecule has 3 aromatic rings. The first kappa shape index (κ1) is 13.6. The average molecular weight is 292 g/mol. The van der Waals surface area contributed by atoms with E-state index in [9.17, 15) is 9.59 Å². The molecule has 0 aromatic carbocycles. The molecule has 0 spiro atoms. The third kappa shape index (κ3) is 2.70. The van der Waals surface area contributed by atoms with Crippen LogP contribution in [-0.4, -0.2) is 41.5 Å². The molecule has 0 amide bonds. The van der Waals surface area contributed by atoms with Gasteiger partial charge < -0.3 is 0 Å². The van der Waals surface area contributed by atoms with Crippen LogP contribution in [0.3, 0.4) is 0 Å². The van der Waals surface area contributed by atoms with E-state index in [1.807, 2.05) is 0 Å². The van der Waals surface area contributed by atoms with Crippen molar-refractivity contribution in [3.63, 3.8) is 0 Å². The maximum absolute atomic E-state index is 12.1. The summed E-state index contributed by atoms with van der Waals surface area (Å²) in [6.07, 6.45) is 9.53. The van der Waals surface area contributed by atoms with Crippen LogP contribution in [0.25, 0.3) is 0 Å². The summed E-state index contributed by atoms with van der Waals surface area (Å²) in [7, 11) is 0. The number of nitrogens with zero attached hydrogens (tertiary/aromatic N) is 6. The lowest BCUT2D eigenvalue weighted by Crippen LogP contribution is -2.11. The van der Waals surface area contributed by atoms with Crippen LogP contribution < -0.4 is 0 Å². The van der Waals surface area contributed by atoms with Crippen molar-refractivity contribution in [3.05, 3.63) is 72.4 Å². The van der Waals surface area contributed by atoms with Crippen LogP contribution in [0, 0.1) is 0 Å². The molecule has 0 aliphatic carbocycles. The molecule has 0 fully saturated rings. The largest absolute Gasteiger partial charge is 0.285 e. The lowest BCUT2D eigenvalue weighted by molar-refractivity contribution is 0.101. The zero-order valence-corrected chi connectivity index (χ0v) is 11.1. The number of carbonyl (C=O) groups excluding carboxylic acids is 2. The first-order valence-electron chi connectivity index (χ1n) is 6.19. The molecule has 0 aliphatic heterocycles. The topological polar surface area (TPSA) is 111 Å². The molecular weight excluding hydrogens is 284 g/mol. The summed E-state index contributed by atoms with van der Waals surface area (Å²) < 4.78 is 0. The number of hydrogen-bond acceptors (Lipinski definition) is 8.